The van der Waals surface area contributed by atoms with Gasteiger partial charge in [-0.2, -0.15) is 0 Å². The van der Waals surface area contributed by atoms with E-state index in [0.717, 1.165) is 17.2 Å². The highest BCUT2D eigenvalue weighted by molar-refractivity contribution is 8.14. The van der Waals surface area contributed by atoms with Crippen molar-refractivity contribution in [3.05, 3.63) is 18.0 Å². The summed E-state index contributed by atoms with van der Waals surface area (Å²) in [6.07, 6.45) is 2.55. The van der Waals surface area contributed by atoms with E-state index in [9.17, 15) is 5.11 Å². The van der Waals surface area contributed by atoms with Gasteiger partial charge in [-0.25, -0.2) is 4.98 Å². The molecule has 1 N–H and O–H groups in total. The third kappa shape index (κ3) is 4.38. The second-order valence-electron chi connectivity index (χ2n) is 7.70. The van der Waals surface area contributed by atoms with Gasteiger partial charge in [0.15, 0.2) is 11.5 Å². The first-order valence-electron chi connectivity index (χ1n) is 7.65. The molecule has 1 unspecified atom stereocenters. The maximum atomic E-state index is 10.5. The van der Waals surface area contributed by atoms with Crippen LogP contribution in [0.5, 0.6) is 11.5 Å². The van der Waals surface area contributed by atoms with E-state index in [1.807, 2.05) is 13.8 Å². The molecule has 5 heteroatoms. The average Bonchev–Trinajstić information content (AvgIpc) is 2.75. The summed E-state index contributed by atoms with van der Waals surface area (Å²) in [5, 5.41) is 11.3. The van der Waals surface area contributed by atoms with Gasteiger partial charge in [0.1, 0.15) is 16.3 Å². The molecule has 0 saturated carbocycles. The molecule has 0 saturated heterocycles. The normalized spacial score (nSPS) is 19.2. The first-order valence-corrected chi connectivity index (χ1v) is 8.64. The fourth-order valence-electron chi connectivity index (χ4n) is 2.89. The second-order valence-corrected chi connectivity index (χ2v) is 8.71. The molecule has 1 aromatic rings. The molecule has 0 aromatic carbocycles. The van der Waals surface area contributed by atoms with Crippen LogP contribution in [0.3, 0.4) is 0 Å². The van der Waals surface area contributed by atoms with Crippen molar-refractivity contribution in [3.63, 3.8) is 0 Å². The van der Waals surface area contributed by atoms with Gasteiger partial charge in [0.05, 0.1) is 6.04 Å². The van der Waals surface area contributed by atoms with E-state index in [1.54, 1.807) is 24.0 Å². The monoisotopic (exact) mass is 322 g/mol. The number of aromatic hydroxyl groups is 1. The third-order valence-corrected chi connectivity index (χ3v) is 4.45. The summed E-state index contributed by atoms with van der Waals surface area (Å²) >= 11 is 1.63. The first kappa shape index (κ1) is 17.1. The first-order chi connectivity index (χ1) is 10.1. The number of thioether (sulfide) groups is 1. The summed E-state index contributed by atoms with van der Waals surface area (Å²) in [5.74, 6) is 1.49. The molecule has 0 fully saturated rings. The summed E-state index contributed by atoms with van der Waals surface area (Å²) in [6.45, 7) is 12.7. The lowest BCUT2D eigenvalue weighted by Crippen LogP contribution is -2.33. The van der Waals surface area contributed by atoms with Crippen molar-refractivity contribution in [3.8, 4) is 11.5 Å². The molecule has 0 radical (unpaired) electrons. The summed E-state index contributed by atoms with van der Waals surface area (Å²) in [7, 11) is 0. The molecule has 1 aliphatic rings. The minimum Gasteiger partial charge on any atom is -0.503 e. The quantitative estimate of drug-likeness (QED) is 0.899. The lowest BCUT2D eigenvalue weighted by atomic mass is 9.83. The Kier molecular flexibility index (Phi) is 4.76. The van der Waals surface area contributed by atoms with Gasteiger partial charge in [-0.1, -0.05) is 20.8 Å². The van der Waals surface area contributed by atoms with Crippen LogP contribution in [0.15, 0.2) is 17.3 Å². The lowest BCUT2D eigenvalue weighted by molar-refractivity contribution is 0.0592. The van der Waals surface area contributed by atoms with Gasteiger partial charge in [-0.05, 0) is 32.6 Å². The van der Waals surface area contributed by atoms with Gasteiger partial charge in [-0.15, -0.1) is 11.8 Å². The predicted octanol–water partition coefficient (Wildman–Crippen LogP) is 4.26. The van der Waals surface area contributed by atoms with Crippen molar-refractivity contribution in [1.29, 1.82) is 0 Å². The molecule has 0 aliphatic carbocycles. The van der Waals surface area contributed by atoms with Crippen LogP contribution in [-0.2, 0) is 0 Å². The maximum absolute atomic E-state index is 10.5. The van der Waals surface area contributed by atoms with Crippen molar-refractivity contribution in [2.45, 2.75) is 59.6 Å². The minimum absolute atomic E-state index is 0.0878. The van der Waals surface area contributed by atoms with Crippen molar-refractivity contribution in [1.82, 2.24) is 4.98 Å². The van der Waals surface area contributed by atoms with Crippen LogP contribution in [0.2, 0.25) is 0 Å². The number of ether oxygens (including phenoxy) is 1. The Balaban J connectivity index is 2.24. The zero-order valence-electron chi connectivity index (χ0n) is 14.3. The summed E-state index contributed by atoms with van der Waals surface area (Å²) in [4.78, 5) is 8.80. The molecular formula is C17H26N2O2S. The average molecular weight is 322 g/mol. The highest BCUT2D eigenvalue weighted by Crippen LogP contribution is 2.37. The summed E-state index contributed by atoms with van der Waals surface area (Å²) < 4.78 is 6.08. The van der Waals surface area contributed by atoms with Gasteiger partial charge in [0.25, 0.3) is 0 Å². The smallest absolute Gasteiger partial charge is 0.186 e. The van der Waals surface area contributed by atoms with Gasteiger partial charge >= 0.3 is 0 Å². The second kappa shape index (κ2) is 6.11. The fraction of sp³-hybridized carbons (Fsp3) is 0.647. The molecule has 0 bridgehead atoms. The zero-order valence-corrected chi connectivity index (χ0v) is 15.1. The van der Waals surface area contributed by atoms with Crippen molar-refractivity contribution in [2.24, 2.45) is 10.4 Å². The van der Waals surface area contributed by atoms with E-state index in [2.05, 4.69) is 37.7 Å². The highest BCUT2D eigenvalue weighted by Gasteiger charge is 2.29. The Morgan fingerprint density at radius 2 is 2.00 bits per heavy atom. The Hall–Kier alpha value is -1.23. The molecule has 1 atom stereocenters. The van der Waals surface area contributed by atoms with Gasteiger partial charge in [-0.3, -0.25) is 4.99 Å². The third-order valence-electron chi connectivity index (χ3n) is 3.23. The topological polar surface area (TPSA) is 54.7 Å². The van der Waals surface area contributed by atoms with Gasteiger partial charge in [0, 0.05) is 18.0 Å². The predicted molar refractivity (Wildman–Crippen MR) is 93.1 cm³/mol. The number of hydrogen-bond acceptors (Lipinski definition) is 5. The van der Waals surface area contributed by atoms with Crippen molar-refractivity contribution >= 4 is 16.8 Å². The van der Waals surface area contributed by atoms with Crippen molar-refractivity contribution in [2.75, 3.05) is 5.75 Å². The van der Waals surface area contributed by atoms with Gasteiger partial charge in [0.2, 0.25) is 0 Å². The number of hydrogen-bond donors (Lipinski definition) is 1. The SMILES string of the molecule is CC1CSC(c2nccc(OC(C)(C)CC(C)(C)C)c2O)=N1. The van der Waals surface area contributed by atoms with E-state index >= 15 is 0 Å². The van der Waals surface area contributed by atoms with E-state index in [0.29, 0.717) is 11.4 Å². The van der Waals surface area contributed by atoms with E-state index in [4.69, 9.17) is 4.74 Å². The molecular weight excluding hydrogens is 296 g/mol. The Morgan fingerprint density at radius 1 is 1.32 bits per heavy atom. The van der Waals surface area contributed by atoms with Crippen LogP contribution in [-0.4, -0.2) is 32.5 Å². The van der Waals surface area contributed by atoms with E-state index < -0.39 is 0 Å². The number of rotatable bonds is 4. The van der Waals surface area contributed by atoms with E-state index in [1.165, 1.54) is 0 Å². The fourth-order valence-corrected chi connectivity index (χ4v) is 3.90. The largest absolute Gasteiger partial charge is 0.503 e. The molecule has 2 rings (SSSR count). The highest BCUT2D eigenvalue weighted by atomic mass is 32.2. The molecule has 1 aromatic heterocycles. The molecule has 1 aliphatic heterocycles. The zero-order chi connectivity index (χ0) is 16.5. The van der Waals surface area contributed by atoms with Crippen LogP contribution in [0.25, 0.3) is 0 Å². The van der Waals surface area contributed by atoms with E-state index in [-0.39, 0.29) is 22.8 Å². The number of aromatic nitrogens is 1. The molecule has 4 nitrogen and oxygen atoms in total. The molecule has 22 heavy (non-hydrogen) atoms. The molecule has 0 amide bonds. The van der Waals surface area contributed by atoms with Gasteiger partial charge < -0.3 is 9.84 Å². The Morgan fingerprint density at radius 3 is 2.55 bits per heavy atom. The van der Waals surface area contributed by atoms with Crippen LogP contribution in [0, 0.1) is 5.41 Å². The van der Waals surface area contributed by atoms with Crippen LogP contribution >= 0.6 is 11.8 Å². The number of aliphatic imine (C=N–C) groups is 1. The lowest BCUT2D eigenvalue weighted by Gasteiger charge is -2.33. The van der Waals surface area contributed by atoms with Crippen LogP contribution in [0.4, 0.5) is 0 Å². The number of nitrogens with zero attached hydrogens (tertiary/aromatic N) is 2. The Labute approximate surface area is 137 Å². The molecule has 0 spiro atoms. The summed E-state index contributed by atoms with van der Waals surface area (Å²) in [5.41, 5.74) is 0.306. The minimum atomic E-state index is -0.369. The summed E-state index contributed by atoms with van der Waals surface area (Å²) in [6, 6.07) is 1.98. The molecule has 2 heterocycles. The van der Waals surface area contributed by atoms with Crippen LogP contribution in [0.1, 0.15) is 53.7 Å². The van der Waals surface area contributed by atoms with Crippen LogP contribution < -0.4 is 4.74 Å². The number of pyridine rings is 1. The maximum Gasteiger partial charge on any atom is 0.186 e. The molecule has 122 valence electrons. The standard InChI is InChI=1S/C17H26N2O2S/c1-11-9-22-15(19-11)13-14(20)12(7-8-18-13)21-17(5,6)10-16(2,3)4/h7-8,11,20H,9-10H2,1-6H3. The van der Waals surface area contributed by atoms with Crippen molar-refractivity contribution < 1.29 is 9.84 Å². The Bertz CT molecular complexity index is 577.